The smallest absolute Gasteiger partial charge is 0.136 e. The number of hydrogen-bond acceptors (Lipinski definition) is 3. The molecule has 0 bridgehead atoms. The lowest BCUT2D eigenvalue weighted by atomic mass is 10.1. The molecule has 4 heteroatoms. The van der Waals surface area contributed by atoms with Gasteiger partial charge in [0.15, 0.2) is 0 Å². The third-order valence-electron chi connectivity index (χ3n) is 3.23. The molecular formula is C16H21FN2S. The van der Waals surface area contributed by atoms with Gasteiger partial charge in [0.1, 0.15) is 10.8 Å². The maximum absolute atomic E-state index is 14.2. The molecule has 108 valence electrons. The molecule has 1 aromatic carbocycles. The lowest BCUT2D eigenvalue weighted by Crippen LogP contribution is -2.12. The maximum Gasteiger partial charge on any atom is 0.136 e. The second-order valence-corrected chi connectivity index (χ2v) is 6.28. The minimum atomic E-state index is -0.161. The maximum atomic E-state index is 14.2. The largest absolute Gasteiger partial charge is 0.312 e. The van der Waals surface area contributed by atoms with Crippen LogP contribution < -0.4 is 5.32 Å². The molecule has 0 aliphatic carbocycles. The van der Waals surface area contributed by atoms with Crippen LogP contribution in [0.3, 0.4) is 0 Å². The molecule has 0 fully saturated rings. The number of rotatable bonds is 5. The zero-order chi connectivity index (χ0) is 14.7. The van der Waals surface area contributed by atoms with Crippen molar-refractivity contribution in [2.75, 3.05) is 6.54 Å². The van der Waals surface area contributed by atoms with E-state index in [1.54, 1.807) is 24.3 Å². The predicted molar refractivity (Wildman–Crippen MR) is 83.7 cm³/mol. The molecule has 1 heterocycles. The number of thiazole rings is 1. The van der Waals surface area contributed by atoms with Gasteiger partial charge in [-0.2, -0.15) is 0 Å². The Morgan fingerprint density at radius 2 is 2.10 bits per heavy atom. The summed E-state index contributed by atoms with van der Waals surface area (Å²) in [5, 5.41) is 4.11. The van der Waals surface area contributed by atoms with Gasteiger partial charge in [-0.05, 0) is 31.0 Å². The zero-order valence-electron chi connectivity index (χ0n) is 12.5. The van der Waals surface area contributed by atoms with E-state index < -0.39 is 0 Å². The number of nitrogens with zero attached hydrogens (tertiary/aromatic N) is 1. The molecule has 2 rings (SSSR count). The van der Waals surface area contributed by atoms with E-state index in [1.165, 1.54) is 4.88 Å². The summed E-state index contributed by atoms with van der Waals surface area (Å²) in [6.45, 7) is 9.84. The number of halogens is 1. The molecule has 2 nitrogen and oxygen atoms in total. The van der Waals surface area contributed by atoms with Gasteiger partial charge in [0.25, 0.3) is 0 Å². The highest BCUT2D eigenvalue weighted by Gasteiger charge is 2.17. The van der Waals surface area contributed by atoms with Crippen molar-refractivity contribution in [3.05, 3.63) is 40.2 Å². The van der Waals surface area contributed by atoms with Crippen LogP contribution in [0.1, 0.15) is 42.8 Å². The SMILES string of the molecule is CCNCc1sc(-c2cccc(C)c2F)nc1C(C)C. The van der Waals surface area contributed by atoms with Crippen molar-refractivity contribution >= 4 is 11.3 Å². The van der Waals surface area contributed by atoms with Crippen molar-refractivity contribution < 1.29 is 4.39 Å². The van der Waals surface area contributed by atoms with Crippen molar-refractivity contribution in [2.45, 2.75) is 40.2 Å². The summed E-state index contributed by atoms with van der Waals surface area (Å²) in [6.07, 6.45) is 0. The molecule has 0 atom stereocenters. The van der Waals surface area contributed by atoms with Crippen LogP contribution in [0.4, 0.5) is 4.39 Å². The highest BCUT2D eigenvalue weighted by molar-refractivity contribution is 7.15. The summed E-state index contributed by atoms with van der Waals surface area (Å²) in [6, 6.07) is 5.48. The number of hydrogen-bond donors (Lipinski definition) is 1. The third-order valence-corrected chi connectivity index (χ3v) is 4.34. The number of nitrogens with one attached hydrogen (secondary N) is 1. The van der Waals surface area contributed by atoms with E-state index in [9.17, 15) is 4.39 Å². The Balaban J connectivity index is 2.44. The van der Waals surface area contributed by atoms with Gasteiger partial charge in [-0.15, -0.1) is 11.3 Å². The molecule has 2 aromatic rings. The van der Waals surface area contributed by atoms with Crippen LogP contribution in [0.2, 0.25) is 0 Å². The molecule has 0 radical (unpaired) electrons. The quantitative estimate of drug-likeness (QED) is 0.878. The molecule has 0 unspecified atom stereocenters. The molecule has 20 heavy (non-hydrogen) atoms. The lowest BCUT2D eigenvalue weighted by molar-refractivity contribution is 0.622. The average Bonchev–Trinajstić information content (AvgIpc) is 2.83. The Bertz CT molecular complexity index is 590. The average molecular weight is 292 g/mol. The van der Waals surface area contributed by atoms with Crippen LogP contribution in [0, 0.1) is 12.7 Å². The van der Waals surface area contributed by atoms with Crippen LogP contribution >= 0.6 is 11.3 Å². The van der Waals surface area contributed by atoms with E-state index in [2.05, 4.69) is 31.1 Å². The monoisotopic (exact) mass is 292 g/mol. The van der Waals surface area contributed by atoms with Crippen molar-refractivity contribution in [2.24, 2.45) is 0 Å². The van der Waals surface area contributed by atoms with Gasteiger partial charge in [-0.1, -0.05) is 32.9 Å². The van der Waals surface area contributed by atoms with E-state index in [0.717, 1.165) is 23.8 Å². The van der Waals surface area contributed by atoms with Gasteiger partial charge in [0, 0.05) is 17.0 Å². The van der Waals surface area contributed by atoms with Crippen LogP contribution in [-0.4, -0.2) is 11.5 Å². The van der Waals surface area contributed by atoms with Crippen LogP contribution in [0.5, 0.6) is 0 Å². The van der Waals surface area contributed by atoms with Crippen LogP contribution in [-0.2, 0) is 6.54 Å². The van der Waals surface area contributed by atoms with Gasteiger partial charge in [0.2, 0.25) is 0 Å². The molecule has 0 aliphatic rings. The summed E-state index contributed by atoms with van der Waals surface area (Å²) in [4.78, 5) is 5.88. The fourth-order valence-corrected chi connectivity index (χ4v) is 3.31. The van der Waals surface area contributed by atoms with E-state index in [-0.39, 0.29) is 5.82 Å². The molecule has 0 spiro atoms. The first-order valence-electron chi connectivity index (χ1n) is 7.00. The summed E-state index contributed by atoms with van der Waals surface area (Å²) in [5.41, 5.74) is 2.35. The molecule has 0 aliphatic heterocycles. The van der Waals surface area contributed by atoms with Crippen molar-refractivity contribution in [1.82, 2.24) is 10.3 Å². The highest BCUT2D eigenvalue weighted by atomic mass is 32.1. The Kier molecular flexibility index (Phi) is 4.89. The lowest BCUT2D eigenvalue weighted by Gasteiger charge is -2.04. The van der Waals surface area contributed by atoms with Gasteiger partial charge in [-0.3, -0.25) is 0 Å². The van der Waals surface area contributed by atoms with E-state index >= 15 is 0 Å². The molecule has 1 N–H and O–H groups in total. The van der Waals surface area contributed by atoms with Crippen molar-refractivity contribution in [3.63, 3.8) is 0 Å². The molecule has 1 aromatic heterocycles. The van der Waals surface area contributed by atoms with Crippen LogP contribution in [0.15, 0.2) is 18.2 Å². The van der Waals surface area contributed by atoms with Gasteiger partial charge in [0.05, 0.1) is 5.69 Å². The van der Waals surface area contributed by atoms with Gasteiger partial charge in [-0.25, -0.2) is 9.37 Å². The van der Waals surface area contributed by atoms with E-state index in [0.29, 0.717) is 17.0 Å². The summed E-state index contributed by atoms with van der Waals surface area (Å²) >= 11 is 1.59. The molecule has 0 amide bonds. The normalized spacial score (nSPS) is 11.3. The summed E-state index contributed by atoms with van der Waals surface area (Å²) < 4.78 is 14.2. The summed E-state index contributed by atoms with van der Waals surface area (Å²) in [7, 11) is 0. The molecular weight excluding hydrogens is 271 g/mol. The van der Waals surface area contributed by atoms with Crippen molar-refractivity contribution in [3.8, 4) is 10.6 Å². The predicted octanol–water partition coefficient (Wildman–Crippen LogP) is 4.49. The fourth-order valence-electron chi connectivity index (χ4n) is 2.11. The van der Waals surface area contributed by atoms with Gasteiger partial charge < -0.3 is 5.32 Å². The second-order valence-electron chi connectivity index (χ2n) is 5.20. The standard InChI is InChI=1S/C16H21FN2S/c1-5-18-9-13-15(10(2)3)19-16(20-13)12-8-6-7-11(4)14(12)17/h6-8,10,18H,5,9H2,1-4H3. The second kappa shape index (κ2) is 6.46. The Morgan fingerprint density at radius 1 is 1.35 bits per heavy atom. The Labute approximate surface area is 124 Å². The minimum Gasteiger partial charge on any atom is -0.312 e. The molecule has 0 saturated heterocycles. The van der Waals surface area contributed by atoms with E-state index in [4.69, 9.17) is 0 Å². The zero-order valence-corrected chi connectivity index (χ0v) is 13.3. The minimum absolute atomic E-state index is 0.161. The number of benzene rings is 1. The Morgan fingerprint density at radius 3 is 2.75 bits per heavy atom. The number of aromatic nitrogens is 1. The van der Waals surface area contributed by atoms with E-state index in [1.807, 2.05) is 12.1 Å². The topological polar surface area (TPSA) is 24.9 Å². The van der Waals surface area contributed by atoms with Gasteiger partial charge >= 0.3 is 0 Å². The first kappa shape index (κ1) is 15.1. The van der Waals surface area contributed by atoms with Crippen LogP contribution in [0.25, 0.3) is 10.6 Å². The summed E-state index contributed by atoms with van der Waals surface area (Å²) in [5.74, 6) is 0.188. The highest BCUT2D eigenvalue weighted by Crippen LogP contribution is 2.33. The number of aryl methyl sites for hydroxylation is 1. The first-order valence-corrected chi connectivity index (χ1v) is 7.82. The van der Waals surface area contributed by atoms with Crippen molar-refractivity contribution in [1.29, 1.82) is 0 Å². The first-order chi connectivity index (χ1) is 9.54. The molecule has 0 saturated carbocycles. The fraction of sp³-hybridized carbons (Fsp3) is 0.438. The third kappa shape index (κ3) is 3.07. The Hall–Kier alpha value is -1.26.